The van der Waals surface area contributed by atoms with Gasteiger partial charge in [-0.1, -0.05) is 12.1 Å². The molecule has 1 aliphatic rings. The lowest BCUT2D eigenvalue weighted by molar-refractivity contribution is 0.0636. The molecule has 0 unspecified atom stereocenters. The zero-order valence-corrected chi connectivity index (χ0v) is 15.7. The third kappa shape index (κ3) is 4.05. The zero-order valence-electron chi connectivity index (χ0n) is 15.7. The number of likely N-dealkylation sites (tertiary alicyclic amines) is 1. The minimum absolute atomic E-state index is 0.317. The third-order valence-electron chi connectivity index (χ3n) is 5.14. The van der Waals surface area contributed by atoms with Crippen molar-refractivity contribution in [3.05, 3.63) is 46.8 Å². The lowest BCUT2D eigenvalue weighted by atomic mass is 10.0. The number of nitrogens with zero attached hydrogens (tertiary/aromatic N) is 3. The molecule has 1 saturated heterocycles. The van der Waals surface area contributed by atoms with Crippen molar-refractivity contribution in [1.82, 2.24) is 14.7 Å². The smallest absolute Gasteiger partial charge is 0.119 e. The maximum Gasteiger partial charge on any atom is 0.119 e. The van der Waals surface area contributed by atoms with Crippen LogP contribution in [0.3, 0.4) is 0 Å². The summed E-state index contributed by atoms with van der Waals surface area (Å²) in [5.41, 5.74) is 4.81. The van der Waals surface area contributed by atoms with Crippen LogP contribution in [0.15, 0.2) is 24.3 Å². The first-order valence-electron chi connectivity index (χ1n) is 9.07. The summed E-state index contributed by atoms with van der Waals surface area (Å²) in [7, 11) is 2.00. The summed E-state index contributed by atoms with van der Waals surface area (Å²) in [6, 6.07) is 8.29. The number of β-amino-alcohol motifs (C(OH)–C–C–N with tert-alkyl or cyclic N) is 1. The van der Waals surface area contributed by atoms with Crippen molar-refractivity contribution < 1.29 is 9.84 Å². The van der Waals surface area contributed by atoms with E-state index in [0.717, 1.165) is 36.4 Å². The molecular weight excluding hydrogens is 314 g/mol. The predicted molar refractivity (Wildman–Crippen MR) is 98.9 cm³/mol. The van der Waals surface area contributed by atoms with E-state index in [1.165, 1.54) is 11.3 Å². The molecule has 1 aromatic heterocycles. The van der Waals surface area contributed by atoms with Crippen molar-refractivity contribution in [3.8, 4) is 5.75 Å². The molecule has 3 rings (SSSR count). The molecule has 1 aromatic carbocycles. The molecule has 0 bridgehead atoms. The highest BCUT2D eigenvalue weighted by molar-refractivity contribution is 5.29. The predicted octanol–water partition coefficient (Wildman–Crippen LogP) is 2.92. The Morgan fingerprint density at radius 2 is 2.12 bits per heavy atom. The van der Waals surface area contributed by atoms with Gasteiger partial charge in [0.05, 0.1) is 5.69 Å². The van der Waals surface area contributed by atoms with Gasteiger partial charge in [0.25, 0.3) is 0 Å². The Morgan fingerprint density at radius 1 is 1.32 bits per heavy atom. The molecule has 2 heterocycles. The van der Waals surface area contributed by atoms with Crippen LogP contribution in [0.4, 0.5) is 0 Å². The monoisotopic (exact) mass is 343 g/mol. The molecule has 5 nitrogen and oxygen atoms in total. The number of aromatic nitrogens is 2. The van der Waals surface area contributed by atoms with Crippen molar-refractivity contribution in [2.24, 2.45) is 7.05 Å². The first-order chi connectivity index (χ1) is 12.0. The van der Waals surface area contributed by atoms with E-state index < -0.39 is 6.10 Å². The summed E-state index contributed by atoms with van der Waals surface area (Å²) in [4.78, 5) is 2.38. The van der Waals surface area contributed by atoms with Gasteiger partial charge in [0.2, 0.25) is 0 Å². The molecule has 1 fully saturated rings. The Bertz CT molecular complexity index is 726. The van der Waals surface area contributed by atoms with Gasteiger partial charge in [0.15, 0.2) is 0 Å². The Hall–Kier alpha value is -1.85. The van der Waals surface area contributed by atoms with Gasteiger partial charge in [-0.25, -0.2) is 0 Å². The molecule has 25 heavy (non-hydrogen) atoms. The normalized spacial score (nSPS) is 19.3. The minimum Gasteiger partial charge on any atom is -0.491 e. The van der Waals surface area contributed by atoms with E-state index >= 15 is 0 Å². The maximum atomic E-state index is 10.5. The van der Waals surface area contributed by atoms with Crippen LogP contribution >= 0.6 is 0 Å². The van der Waals surface area contributed by atoms with Crippen molar-refractivity contribution in [2.75, 3.05) is 19.7 Å². The third-order valence-corrected chi connectivity index (χ3v) is 5.14. The zero-order chi connectivity index (χ0) is 18.0. The highest BCUT2D eigenvalue weighted by Crippen LogP contribution is 2.35. The molecule has 0 spiro atoms. The highest BCUT2D eigenvalue weighted by atomic mass is 16.5. The van der Waals surface area contributed by atoms with Gasteiger partial charge in [-0.2, -0.15) is 5.10 Å². The van der Waals surface area contributed by atoms with Gasteiger partial charge in [-0.05, 0) is 57.9 Å². The number of aryl methyl sites for hydroxylation is 3. The Labute approximate surface area is 150 Å². The molecule has 2 aromatic rings. The molecule has 5 heteroatoms. The van der Waals surface area contributed by atoms with Crippen LogP contribution in [0.5, 0.6) is 5.75 Å². The van der Waals surface area contributed by atoms with Crippen LogP contribution in [-0.4, -0.2) is 45.6 Å². The van der Waals surface area contributed by atoms with E-state index in [-0.39, 0.29) is 0 Å². The highest BCUT2D eigenvalue weighted by Gasteiger charge is 2.31. The topological polar surface area (TPSA) is 50.5 Å². The van der Waals surface area contributed by atoms with E-state index in [1.807, 2.05) is 42.9 Å². The van der Waals surface area contributed by atoms with E-state index in [1.54, 1.807) is 0 Å². The molecular formula is C20H29N3O2. The van der Waals surface area contributed by atoms with E-state index in [2.05, 4.69) is 23.8 Å². The van der Waals surface area contributed by atoms with Gasteiger partial charge in [-0.3, -0.25) is 9.58 Å². The second-order valence-corrected chi connectivity index (χ2v) is 7.14. The average Bonchev–Trinajstić information content (AvgIpc) is 3.10. The summed E-state index contributed by atoms with van der Waals surface area (Å²) >= 11 is 0. The number of benzene rings is 1. The molecule has 2 atom stereocenters. The quantitative estimate of drug-likeness (QED) is 0.876. The van der Waals surface area contributed by atoms with Crippen LogP contribution in [-0.2, 0) is 7.05 Å². The van der Waals surface area contributed by atoms with E-state index in [0.29, 0.717) is 19.2 Å². The summed E-state index contributed by atoms with van der Waals surface area (Å²) in [5.74, 6) is 0.816. The first kappa shape index (κ1) is 18.0. The van der Waals surface area contributed by atoms with Gasteiger partial charge < -0.3 is 9.84 Å². The minimum atomic E-state index is -0.501. The van der Waals surface area contributed by atoms with Crippen LogP contribution < -0.4 is 4.74 Å². The number of ether oxygens (including phenoxy) is 1. The molecule has 0 aliphatic carbocycles. The van der Waals surface area contributed by atoms with Gasteiger partial charge in [0.1, 0.15) is 18.5 Å². The maximum absolute atomic E-state index is 10.5. The molecule has 0 radical (unpaired) electrons. The van der Waals surface area contributed by atoms with Crippen LogP contribution in [0.2, 0.25) is 0 Å². The van der Waals surface area contributed by atoms with Gasteiger partial charge in [-0.15, -0.1) is 0 Å². The fourth-order valence-corrected chi connectivity index (χ4v) is 3.86. The molecule has 1 N–H and O–H groups in total. The summed E-state index contributed by atoms with van der Waals surface area (Å²) in [6.45, 7) is 8.21. The second-order valence-electron chi connectivity index (χ2n) is 7.14. The summed E-state index contributed by atoms with van der Waals surface area (Å²) in [5, 5.41) is 15.0. The number of aliphatic hydroxyl groups excluding tert-OH is 1. The Morgan fingerprint density at radius 3 is 2.80 bits per heavy atom. The summed E-state index contributed by atoms with van der Waals surface area (Å²) < 4.78 is 7.72. The van der Waals surface area contributed by atoms with Gasteiger partial charge >= 0.3 is 0 Å². The lowest BCUT2D eigenvalue weighted by Crippen LogP contribution is -2.35. The standard InChI is InChI=1S/C20H29N3O2/c1-14-7-5-8-18(11-14)25-13-17(24)12-23-10-6-9-19(23)20-15(2)21-22(4)16(20)3/h5,7-8,11,17,19,24H,6,9-10,12-13H2,1-4H3/t17-,19+/m1/s1. The molecule has 136 valence electrons. The SMILES string of the molecule is Cc1cccc(OC[C@H](O)CN2CCC[C@H]2c2c(C)nn(C)c2C)c1. The van der Waals surface area contributed by atoms with Gasteiger partial charge in [0, 0.05) is 30.9 Å². The fraction of sp³-hybridized carbons (Fsp3) is 0.550. The van der Waals surface area contributed by atoms with E-state index in [4.69, 9.17) is 4.74 Å². The largest absolute Gasteiger partial charge is 0.491 e. The van der Waals surface area contributed by atoms with Crippen LogP contribution in [0.1, 0.15) is 41.4 Å². The lowest BCUT2D eigenvalue weighted by Gasteiger charge is -2.27. The number of aliphatic hydroxyl groups is 1. The first-order valence-corrected chi connectivity index (χ1v) is 9.07. The van der Waals surface area contributed by atoms with Crippen LogP contribution in [0, 0.1) is 20.8 Å². The molecule has 0 saturated carbocycles. The van der Waals surface area contributed by atoms with Crippen molar-refractivity contribution in [3.63, 3.8) is 0 Å². The Balaban J connectivity index is 1.61. The number of hydrogen-bond acceptors (Lipinski definition) is 4. The molecule has 1 aliphatic heterocycles. The van der Waals surface area contributed by atoms with E-state index in [9.17, 15) is 5.11 Å². The van der Waals surface area contributed by atoms with Crippen LogP contribution in [0.25, 0.3) is 0 Å². The molecule has 0 amide bonds. The van der Waals surface area contributed by atoms with Crippen molar-refractivity contribution in [1.29, 1.82) is 0 Å². The fourth-order valence-electron chi connectivity index (χ4n) is 3.86. The van der Waals surface area contributed by atoms with Crippen molar-refractivity contribution in [2.45, 2.75) is 45.8 Å². The second kappa shape index (κ2) is 7.58. The number of rotatable bonds is 6. The average molecular weight is 343 g/mol. The summed E-state index contributed by atoms with van der Waals surface area (Å²) in [6.07, 6.45) is 1.78. The number of hydrogen-bond donors (Lipinski definition) is 1. The van der Waals surface area contributed by atoms with Crippen molar-refractivity contribution >= 4 is 0 Å². The Kier molecular flexibility index (Phi) is 5.45.